The molecule has 1 aromatic heterocycles. The minimum absolute atomic E-state index is 0.0163. The summed E-state index contributed by atoms with van der Waals surface area (Å²) >= 11 is 1.20. The van der Waals surface area contributed by atoms with Gasteiger partial charge in [0.05, 0.1) is 10.6 Å². The van der Waals surface area contributed by atoms with Crippen LogP contribution in [-0.4, -0.2) is 8.42 Å². The normalized spacial score (nSPS) is 11.5. The fourth-order valence-electron chi connectivity index (χ4n) is 1.44. The molecule has 0 unspecified atom stereocenters. The molecule has 0 aliphatic heterocycles. The molecule has 2 rings (SSSR count). The molecular formula is C11H10F2N2O2S2. The van der Waals surface area contributed by atoms with Gasteiger partial charge in [-0.3, -0.25) is 4.72 Å². The van der Waals surface area contributed by atoms with E-state index in [9.17, 15) is 17.2 Å². The first-order valence-corrected chi connectivity index (χ1v) is 7.53. The molecule has 1 aromatic carbocycles. The lowest BCUT2D eigenvalue weighted by Gasteiger charge is -2.06. The van der Waals surface area contributed by atoms with Gasteiger partial charge in [-0.25, -0.2) is 17.2 Å². The van der Waals surface area contributed by atoms with E-state index < -0.39 is 21.7 Å². The summed E-state index contributed by atoms with van der Waals surface area (Å²) in [6.45, 7) is 0.231. The summed E-state index contributed by atoms with van der Waals surface area (Å²) in [4.78, 5) is 0.716. The van der Waals surface area contributed by atoms with Gasteiger partial charge in [-0.1, -0.05) is 0 Å². The number of thiophene rings is 1. The summed E-state index contributed by atoms with van der Waals surface area (Å²) in [7, 11) is -3.86. The molecule has 0 aliphatic carbocycles. The number of sulfonamides is 1. The van der Waals surface area contributed by atoms with E-state index in [1.54, 1.807) is 0 Å². The molecule has 0 saturated heterocycles. The third kappa shape index (κ3) is 3.28. The van der Waals surface area contributed by atoms with Gasteiger partial charge in [0.2, 0.25) is 0 Å². The maximum atomic E-state index is 13.0. The van der Waals surface area contributed by atoms with E-state index in [0.717, 1.165) is 12.1 Å². The molecule has 0 amide bonds. The summed E-state index contributed by atoms with van der Waals surface area (Å²) in [5.74, 6) is -1.71. The smallest absolute Gasteiger partial charge is 0.262 e. The Bertz CT molecular complexity index is 678. The molecule has 0 atom stereocenters. The van der Waals surface area contributed by atoms with Crippen LogP contribution in [0.1, 0.15) is 4.88 Å². The molecule has 0 saturated carbocycles. The molecule has 0 bridgehead atoms. The lowest BCUT2D eigenvalue weighted by Crippen LogP contribution is -2.12. The second kappa shape index (κ2) is 5.24. The summed E-state index contributed by atoms with van der Waals surface area (Å²) in [5.41, 5.74) is 5.23. The largest absolute Gasteiger partial charge is 0.326 e. The first kappa shape index (κ1) is 13.9. The number of hydrogen-bond acceptors (Lipinski definition) is 4. The third-order valence-electron chi connectivity index (χ3n) is 2.26. The average molecular weight is 304 g/mol. The van der Waals surface area contributed by atoms with Crippen LogP contribution in [-0.2, 0) is 16.6 Å². The minimum Gasteiger partial charge on any atom is -0.326 e. The lowest BCUT2D eigenvalue weighted by atomic mass is 10.3. The Kier molecular flexibility index (Phi) is 3.83. The van der Waals surface area contributed by atoms with Crippen molar-refractivity contribution in [2.75, 3.05) is 4.72 Å². The number of anilines is 1. The average Bonchev–Trinajstić information content (AvgIpc) is 2.75. The van der Waals surface area contributed by atoms with E-state index >= 15 is 0 Å². The summed E-state index contributed by atoms with van der Waals surface area (Å²) < 4.78 is 52.0. The molecule has 0 radical (unpaired) electrons. The highest BCUT2D eigenvalue weighted by molar-refractivity contribution is 7.92. The zero-order chi connectivity index (χ0) is 14.0. The maximum absolute atomic E-state index is 13.0. The predicted octanol–water partition coefficient (Wildman–Crippen LogP) is 2.29. The highest BCUT2D eigenvalue weighted by Gasteiger charge is 2.17. The summed E-state index contributed by atoms with van der Waals surface area (Å²) in [6, 6.07) is 3.88. The van der Waals surface area contributed by atoms with Crippen LogP contribution in [0.2, 0.25) is 0 Å². The van der Waals surface area contributed by atoms with Crippen molar-refractivity contribution in [1.82, 2.24) is 0 Å². The van der Waals surface area contributed by atoms with Crippen LogP contribution >= 0.6 is 11.3 Å². The van der Waals surface area contributed by atoms with Crippen molar-refractivity contribution in [3.05, 3.63) is 46.2 Å². The molecular weight excluding hydrogens is 294 g/mol. The van der Waals surface area contributed by atoms with Gasteiger partial charge in [0.25, 0.3) is 10.0 Å². The van der Waals surface area contributed by atoms with E-state index in [0.29, 0.717) is 10.9 Å². The summed E-state index contributed by atoms with van der Waals surface area (Å²) in [5, 5.41) is 1.42. The van der Waals surface area contributed by atoms with Gasteiger partial charge < -0.3 is 5.73 Å². The maximum Gasteiger partial charge on any atom is 0.262 e. The number of benzene rings is 1. The zero-order valence-electron chi connectivity index (χ0n) is 9.56. The first-order valence-electron chi connectivity index (χ1n) is 5.17. The number of nitrogens with one attached hydrogen (secondary N) is 1. The van der Waals surface area contributed by atoms with Crippen molar-refractivity contribution in [3.63, 3.8) is 0 Å². The number of halogens is 2. The monoisotopic (exact) mass is 304 g/mol. The Hall–Kier alpha value is -1.51. The summed E-state index contributed by atoms with van der Waals surface area (Å²) in [6.07, 6.45) is 0. The highest BCUT2D eigenvalue weighted by atomic mass is 32.2. The Balaban J connectivity index is 2.30. The van der Waals surface area contributed by atoms with Crippen molar-refractivity contribution in [2.45, 2.75) is 11.4 Å². The van der Waals surface area contributed by atoms with Crippen LogP contribution in [0.4, 0.5) is 14.5 Å². The van der Waals surface area contributed by atoms with E-state index in [4.69, 9.17) is 5.73 Å². The molecule has 8 heteroatoms. The number of nitrogens with two attached hydrogens (primary N) is 1. The Morgan fingerprint density at radius 2 is 1.79 bits per heavy atom. The molecule has 1 heterocycles. The van der Waals surface area contributed by atoms with Crippen molar-refractivity contribution in [1.29, 1.82) is 0 Å². The topological polar surface area (TPSA) is 72.2 Å². The quantitative estimate of drug-likeness (QED) is 0.910. The molecule has 2 aromatic rings. The molecule has 102 valence electrons. The fourth-order valence-corrected chi connectivity index (χ4v) is 3.63. The molecule has 3 N–H and O–H groups in total. The van der Waals surface area contributed by atoms with E-state index in [1.807, 2.05) is 0 Å². The van der Waals surface area contributed by atoms with Crippen molar-refractivity contribution < 1.29 is 17.2 Å². The van der Waals surface area contributed by atoms with E-state index in [2.05, 4.69) is 4.72 Å². The SMILES string of the molecule is NCc1cc(S(=O)(=O)Nc2cc(F)cc(F)c2)cs1. The van der Waals surface area contributed by atoms with Crippen LogP contribution in [0.25, 0.3) is 0 Å². The van der Waals surface area contributed by atoms with Gasteiger partial charge >= 0.3 is 0 Å². The van der Waals surface area contributed by atoms with Gasteiger partial charge in [-0.05, 0) is 18.2 Å². The number of hydrogen-bond donors (Lipinski definition) is 2. The molecule has 0 fully saturated rings. The predicted molar refractivity (Wildman–Crippen MR) is 69.4 cm³/mol. The molecule has 0 aliphatic rings. The van der Waals surface area contributed by atoms with Gasteiger partial charge in [-0.15, -0.1) is 11.3 Å². The van der Waals surface area contributed by atoms with Crippen LogP contribution in [0.3, 0.4) is 0 Å². The highest BCUT2D eigenvalue weighted by Crippen LogP contribution is 2.22. The van der Waals surface area contributed by atoms with E-state index in [-0.39, 0.29) is 17.1 Å². The van der Waals surface area contributed by atoms with Gasteiger partial charge in [0.1, 0.15) is 11.6 Å². The first-order chi connectivity index (χ1) is 8.90. The second-order valence-corrected chi connectivity index (χ2v) is 6.39. The standard InChI is InChI=1S/C11H10F2N2O2S2/c12-7-1-8(13)3-9(2-7)15-19(16,17)11-4-10(5-14)18-6-11/h1-4,6,15H,5,14H2. The van der Waals surface area contributed by atoms with Gasteiger partial charge in [0, 0.05) is 22.9 Å². The van der Waals surface area contributed by atoms with Crippen LogP contribution in [0.5, 0.6) is 0 Å². The molecule has 0 spiro atoms. The molecule has 19 heavy (non-hydrogen) atoms. The van der Waals surface area contributed by atoms with Gasteiger partial charge in [0.15, 0.2) is 0 Å². The van der Waals surface area contributed by atoms with Crippen molar-refractivity contribution in [3.8, 4) is 0 Å². The fraction of sp³-hybridized carbons (Fsp3) is 0.0909. The Morgan fingerprint density at radius 3 is 2.32 bits per heavy atom. The Labute approximate surface area is 112 Å². The van der Waals surface area contributed by atoms with Crippen molar-refractivity contribution >= 4 is 27.0 Å². The van der Waals surface area contributed by atoms with Crippen molar-refractivity contribution in [2.24, 2.45) is 5.73 Å². The second-order valence-electron chi connectivity index (χ2n) is 3.72. The van der Waals surface area contributed by atoms with Crippen LogP contribution < -0.4 is 10.5 Å². The number of rotatable bonds is 4. The molecule has 4 nitrogen and oxygen atoms in total. The third-order valence-corrected chi connectivity index (χ3v) is 4.72. The van der Waals surface area contributed by atoms with Crippen LogP contribution in [0, 0.1) is 11.6 Å². The minimum atomic E-state index is -3.86. The van der Waals surface area contributed by atoms with E-state index in [1.165, 1.54) is 22.8 Å². The van der Waals surface area contributed by atoms with Gasteiger partial charge in [-0.2, -0.15) is 0 Å². The van der Waals surface area contributed by atoms with Crippen LogP contribution in [0.15, 0.2) is 34.5 Å². The lowest BCUT2D eigenvalue weighted by molar-refractivity contribution is 0.584. The zero-order valence-corrected chi connectivity index (χ0v) is 11.2. The Morgan fingerprint density at radius 1 is 1.16 bits per heavy atom.